The zero-order valence-electron chi connectivity index (χ0n) is 15.8. The van der Waals surface area contributed by atoms with Gasteiger partial charge >= 0.3 is 5.97 Å². The normalized spacial score (nSPS) is 44.4. The second kappa shape index (κ2) is 5.43. The van der Waals surface area contributed by atoms with Crippen LogP contribution in [-0.4, -0.2) is 18.4 Å². The molecule has 0 unspecified atom stereocenters. The second-order valence-corrected chi connectivity index (χ2v) is 9.59. The number of esters is 1. The minimum absolute atomic E-state index is 0.0641. The molecule has 0 amide bonds. The van der Waals surface area contributed by atoms with Crippen LogP contribution in [0.25, 0.3) is 0 Å². The van der Waals surface area contributed by atoms with Crippen molar-refractivity contribution < 1.29 is 14.3 Å². The van der Waals surface area contributed by atoms with Crippen molar-refractivity contribution in [2.75, 3.05) is 6.61 Å². The fourth-order valence-electron chi connectivity index (χ4n) is 7.03. The van der Waals surface area contributed by atoms with Crippen LogP contribution in [0, 0.1) is 28.6 Å². The predicted octanol–water partition coefficient (Wildman–Crippen LogP) is 4.54. The van der Waals surface area contributed by atoms with E-state index in [2.05, 4.69) is 26.0 Å². The summed E-state index contributed by atoms with van der Waals surface area (Å²) in [5, 5.41) is 0. The number of hydrogen-bond acceptors (Lipinski definition) is 3. The molecular weight excluding hydrogens is 324 g/mol. The maximum Gasteiger partial charge on any atom is 0.331 e. The molecular formula is C23H28O3. The van der Waals surface area contributed by atoms with Gasteiger partial charge in [-0.05, 0) is 60.8 Å². The lowest BCUT2D eigenvalue weighted by Crippen LogP contribution is -2.51. The number of ketones is 1. The van der Waals surface area contributed by atoms with Crippen LogP contribution in [0.15, 0.2) is 34.9 Å². The molecule has 0 aromatic heterocycles. The van der Waals surface area contributed by atoms with Crippen molar-refractivity contribution in [3.63, 3.8) is 0 Å². The summed E-state index contributed by atoms with van der Waals surface area (Å²) in [5.74, 6) is 2.21. The zero-order valence-corrected chi connectivity index (χ0v) is 15.8. The Hall–Kier alpha value is -1.64. The van der Waals surface area contributed by atoms with Gasteiger partial charge in [0.25, 0.3) is 0 Å². The average Bonchev–Trinajstić information content (AvgIpc) is 3.18. The number of rotatable bonds is 1. The van der Waals surface area contributed by atoms with Gasteiger partial charge in [0.2, 0.25) is 0 Å². The van der Waals surface area contributed by atoms with Crippen molar-refractivity contribution in [2.45, 2.75) is 58.8 Å². The summed E-state index contributed by atoms with van der Waals surface area (Å²) in [6.07, 6.45) is 13.8. The van der Waals surface area contributed by atoms with E-state index < -0.39 is 0 Å². The molecule has 0 radical (unpaired) electrons. The van der Waals surface area contributed by atoms with E-state index in [0.717, 1.165) is 31.3 Å². The van der Waals surface area contributed by atoms with Crippen LogP contribution in [0.2, 0.25) is 0 Å². The highest BCUT2D eigenvalue weighted by Crippen LogP contribution is 2.65. The Morgan fingerprint density at radius 2 is 1.92 bits per heavy atom. The van der Waals surface area contributed by atoms with Crippen LogP contribution in [0.3, 0.4) is 0 Å². The Balaban J connectivity index is 1.45. The van der Waals surface area contributed by atoms with Crippen molar-refractivity contribution in [1.29, 1.82) is 0 Å². The van der Waals surface area contributed by atoms with Crippen LogP contribution < -0.4 is 0 Å². The van der Waals surface area contributed by atoms with Gasteiger partial charge in [-0.15, -0.1) is 0 Å². The summed E-state index contributed by atoms with van der Waals surface area (Å²) in [6, 6.07) is 0. The molecule has 0 saturated heterocycles. The van der Waals surface area contributed by atoms with Crippen molar-refractivity contribution in [2.24, 2.45) is 28.6 Å². The molecule has 3 fully saturated rings. The van der Waals surface area contributed by atoms with Gasteiger partial charge in [0, 0.05) is 29.9 Å². The molecule has 138 valence electrons. The molecule has 3 heteroatoms. The van der Waals surface area contributed by atoms with Gasteiger partial charge in [-0.3, -0.25) is 4.79 Å². The molecule has 1 aliphatic heterocycles. The smallest absolute Gasteiger partial charge is 0.331 e. The fourth-order valence-corrected chi connectivity index (χ4v) is 7.03. The first kappa shape index (κ1) is 16.5. The summed E-state index contributed by atoms with van der Waals surface area (Å²) in [4.78, 5) is 23.6. The SMILES string of the molecule is C[C@]12CC[C@H]3[C@@H](CC[C@@H]4CC(=O)CC[C@@]43C)C1=CC=C2C1=CC(=O)OC1. The van der Waals surface area contributed by atoms with E-state index in [9.17, 15) is 9.59 Å². The van der Waals surface area contributed by atoms with Gasteiger partial charge < -0.3 is 4.74 Å². The van der Waals surface area contributed by atoms with Gasteiger partial charge in [-0.2, -0.15) is 0 Å². The molecule has 4 aliphatic carbocycles. The standard InChI is InChI=1S/C23H28O3/c1-22-9-7-16(24)12-15(22)3-4-17-19-6-5-18(14-11-21(25)26-13-14)23(19,2)10-8-20(17)22/h5-6,11,15,17,20H,3-4,7-10,12-13H2,1-2H3/t15-,17+,20+,22+,23-/m1/s1. The van der Waals surface area contributed by atoms with E-state index >= 15 is 0 Å². The number of cyclic esters (lactones) is 1. The quantitative estimate of drug-likeness (QED) is 0.651. The largest absolute Gasteiger partial charge is 0.458 e. The van der Waals surface area contributed by atoms with Gasteiger partial charge in [-0.1, -0.05) is 31.6 Å². The summed E-state index contributed by atoms with van der Waals surface area (Å²) >= 11 is 0. The molecule has 26 heavy (non-hydrogen) atoms. The predicted molar refractivity (Wildman–Crippen MR) is 99.2 cm³/mol. The first-order valence-electron chi connectivity index (χ1n) is 10.2. The van der Waals surface area contributed by atoms with Crippen molar-refractivity contribution in [1.82, 2.24) is 0 Å². The summed E-state index contributed by atoms with van der Waals surface area (Å²) < 4.78 is 5.18. The Kier molecular flexibility index (Phi) is 3.45. The van der Waals surface area contributed by atoms with Crippen LogP contribution in [0.5, 0.6) is 0 Å². The first-order valence-corrected chi connectivity index (χ1v) is 10.2. The van der Waals surface area contributed by atoms with Crippen molar-refractivity contribution >= 4 is 11.8 Å². The highest BCUT2D eigenvalue weighted by atomic mass is 16.5. The third kappa shape index (κ3) is 2.12. The monoisotopic (exact) mass is 352 g/mol. The zero-order chi connectivity index (χ0) is 18.1. The summed E-state index contributed by atoms with van der Waals surface area (Å²) in [7, 11) is 0. The number of fused-ring (bicyclic) bond motifs is 5. The molecule has 5 aliphatic rings. The van der Waals surface area contributed by atoms with E-state index in [1.54, 1.807) is 11.6 Å². The first-order chi connectivity index (χ1) is 12.4. The number of carbonyl (C=O) groups excluding carboxylic acids is 2. The highest BCUT2D eigenvalue weighted by molar-refractivity contribution is 5.87. The number of Topliss-reactive ketones (excluding diaryl/α,β-unsaturated/α-hetero) is 1. The van der Waals surface area contributed by atoms with Crippen molar-refractivity contribution in [3.8, 4) is 0 Å². The lowest BCUT2D eigenvalue weighted by Gasteiger charge is -2.58. The van der Waals surface area contributed by atoms with Crippen molar-refractivity contribution in [3.05, 3.63) is 34.9 Å². The third-order valence-electron chi connectivity index (χ3n) is 8.53. The maximum absolute atomic E-state index is 12.0. The van der Waals surface area contributed by atoms with E-state index in [1.165, 1.54) is 24.8 Å². The van der Waals surface area contributed by atoms with Gasteiger partial charge in [0.15, 0.2) is 0 Å². The lowest BCUT2D eigenvalue weighted by atomic mass is 9.46. The van der Waals surface area contributed by atoms with Crippen LogP contribution in [-0.2, 0) is 14.3 Å². The number of ether oxygens (including phenoxy) is 1. The molecule has 0 bridgehead atoms. The van der Waals surface area contributed by atoms with E-state index in [1.807, 2.05) is 0 Å². The Bertz CT molecular complexity index is 785. The number of allylic oxidation sites excluding steroid dienone is 3. The number of hydrogen-bond donors (Lipinski definition) is 0. The summed E-state index contributed by atoms with van der Waals surface area (Å²) in [5.41, 5.74) is 4.36. The molecule has 0 spiro atoms. The van der Waals surface area contributed by atoms with Gasteiger partial charge in [-0.25, -0.2) is 4.79 Å². The molecule has 0 aromatic carbocycles. The summed E-state index contributed by atoms with van der Waals surface area (Å²) in [6.45, 7) is 5.27. The third-order valence-corrected chi connectivity index (χ3v) is 8.53. The molecule has 3 saturated carbocycles. The molecule has 1 heterocycles. The second-order valence-electron chi connectivity index (χ2n) is 9.59. The molecule has 3 nitrogen and oxygen atoms in total. The molecule has 0 N–H and O–H groups in total. The molecule has 5 atom stereocenters. The number of carbonyl (C=O) groups is 2. The van der Waals surface area contributed by atoms with Gasteiger partial charge in [0.1, 0.15) is 12.4 Å². The molecule has 0 aromatic rings. The minimum Gasteiger partial charge on any atom is -0.458 e. The van der Waals surface area contributed by atoms with E-state index in [0.29, 0.717) is 35.6 Å². The van der Waals surface area contributed by atoms with Crippen LogP contribution >= 0.6 is 0 Å². The lowest BCUT2D eigenvalue weighted by molar-refractivity contribution is -0.135. The van der Waals surface area contributed by atoms with Crippen LogP contribution in [0.1, 0.15) is 58.8 Å². The fraction of sp³-hybridized carbons (Fsp3) is 0.652. The maximum atomic E-state index is 12.0. The highest BCUT2D eigenvalue weighted by Gasteiger charge is 2.56. The Morgan fingerprint density at radius 3 is 2.69 bits per heavy atom. The van der Waals surface area contributed by atoms with Gasteiger partial charge in [0.05, 0.1) is 0 Å². The van der Waals surface area contributed by atoms with E-state index in [-0.39, 0.29) is 11.4 Å². The van der Waals surface area contributed by atoms with E-state index in [4.69, 9.17) is 4.74 Å². The average molecular weight is 352 g/mol. The topological polar surface area (TPSA) is 43.4 Å². The van der Waals surface area contributed by atoms with Crippen LogP contribution in [0.4, 0.5) is 0 Å². The Morgan fingerprint density at radius 1 is 1.08 bits per heavy atom. The molecule has 5 rings (SSSR count). The Labute approximate surface area is 155 Å². The minimum atomic E-state index is -0.202.